The van der Waals surface area contributed by atoms with Crippen molar-refractivity contribution in [2.24, 2.45) is 0 Å². The monoisotopic (exact) mass is 387 g/mol. The summed E-state index contributed by atoms with van der Waals surface area (Å²) in [6.45, 7) is 4.26. The average Bonchev–Trinajstić information content (AvgIpc) is 2.61. The highest BCUT2D eigenvalue weighted by atomic mass is 35.5. The van der Waals surface area contributed by atoms with E-state index >= 15 is 0 Å². The molecule has 0 aromatic heterocycles. The fourth-order valence-corrected chi connectivity index (χ4v) is 4.79. The summed E-state index contributed by atoms with van der Waals surface area (Å²) in [6.07, 6.45) is 8.21. The summed E-state index contributed by atoms with van der Waals surface area (Å²) in [5.74, 6) is -0.0111. The van der Waals surface area contributed by atoms with Crippen molar-refractivity contribution in [2.45, 2.75) is 88.3 Å². The molecule has 0 bridgehead atoms. The van der Waals surface area contributed by atoms with Gasteiger partial charge in [-0.05, 0) is 45.2 Å². The smallest absolute Gasteiger partial charge is 0.246 e. The van der Waals surface area contributed by atoms with Crippen LogP contribution >= 0.6 is 12.4 Å². The number of rotatable bonds is 5. The van der Waals surface area contributed by atoms with E-state index in [0.29, 0.717) is 25.8 Å². The van der Waals surface area contributed by atoms with Crippen LogP contribution in [0, 0.1) is 0 Å². The molecule has 0 aromatic rings. The molecule has 0 unspecified atom stereocenters. The van der Waals surface area contributed by atoms with Gasteiger partial charge in [0.05, 0.1) is 5.60 Å². The number of hydrogen-bond acceptors (Lipinski definition) is 4. The number of amides is 2. The molecule has 0 aromatic carbocycles. The van der Waals surface area contributed by atoms with E-state index in [1.54, 1.807) is 0 Å². The summed E-state index contributed by atoms with van der Waals surface area (Å²) in [5.41, 5.74) is -1.50. The van der Waals surface area contributed by atoms with Crippen LogP contribution in [0.15, 0.2) is 0 Å². The van der Waals surface area contributed by atoms with Gasteiger partial charge in [-0.15, -0.1) is 12.4 Å². The zero-order valence-corrected chi connectivity index (χ0v) is 16.7. The third kappa shape index (κ3) is 4.18. The highest BCUT2D eigenvalue weighted by Crippen LogP contribution is 2.36. The van der Waals surface area contributed by atoms with Crippen molar-refractivity contribution in [2.75, 3.05) is 19.6 Å². The predicted molar refractivity (Wildman–Crippen MR) is 103 cm³/mol. The highest BCUT2D eigenvalue weighted by Gasteiger charge is 2.53. The van der Waals surface area contributed by atoms with Gasteiger partial charge in [0.15, 0.2) is 0 Å². The Bertz CT molecular complexity index is 502. The van der Waals surface area contributed by atoms with Gasteiger partial charge in [0, 0.05) is 13.0 Å². The van der Waals surface area contributed by atoms with Crippen molar-refractivity contribution in [1.82, 2.24) is 15.5 Å². The number of carbonyl (C=O) groups excluding carboxylic acids is 2. The summed E-state index contributed by atoms with van der Waals surface area (Å²) in [5, 5.41) is 17.1. The lowest BCUT2D eigenvalue weighted by molar-refractivity contribution is -0.162. The molecule has 3 aliphatic rings. The van der Waals surface area contributed by atoms with E-state index in [1.807, 2.05) is 4.90 Å². The Hall–Kier alpha value is -0.850. The van der Waals surface area contributed by atoms with Crippen molar-refractivity contribution in [3.05, 3.63) is 0 Å². The quantitative estimate of drug-likeness (QED) is 0.671. The Kier molecular flexibility index (Phi) is 7.34. The molecule has 6 nitrogen and oxygen atoms in total. The average molecular weight is 388 g/mol. The molecule has 2 amide bonds. The summed E-state index contributed by atoms with van der Waals surface area (Å²) in [4.78, 5) is 28.1. The number of carbonyl (C=O) groups is 2. The number of hydrogen-bond donors (Lipinski definition) is 3. The number of piperazine rings is 1. The molecule has 150 valence electrons. The van der Waals surface area contributed by atoms with Crippen molar-refractivity contribution in [1.29, 1.82) is 0 Å². The highest BCUT2D eigenvalue weighted by molar-refractivity contribution is 6.00. The molecule has 26 heavy (non-hydrogen) atoms. The zero-order chi connectivity index (χ0) is 17.9. The van der Waals surface area contributed by atoms with Crippen LogP contribution in [0.4, 0.5) is 0 Å². The Morgan fingerprint density at radius 3 is 2.38 bits per heavy atom. The molecule has 1 spiro atoms. The maximum Gasteiger partial charge on any atom is 0.246 e. The summed E-state index contributed by atoms with van der Waals surface area (Å²) >= 11 is 0. The summed E-state index contributed by atoms with van der Waals surface area (Å²) in [6, 6.07) is -0.576. The van der Waals surface area contributed by atoms with E-state index < -0.39 is 17.2 Å². The number of piperidine rings is 1. The molecule has 2 saturated heterocycles. The summed E-state index contributed by atoms with van der Waals surface area (Å²) < 4.78 is 0. The number of nitrogens with zero attached hydrogens (tertiary/aromatic N) is 1. The number of aliphatic hydroxyl groups is 1. The van der Waals surface area contributed by atoms with E-state index in [9.17, 15) is 14.7 Å². The second-order valence-electron chi connectivity index (χ2n) is 8.14. The maximum atomic E-state index is 13.2. The molecule has 1 aliphatic carbocycles. The summed E-state index contributed by atoms with van der Waals surface area (Å²) in [7, 11) is 0. The van der Waals surface area contributed by atoms with Gasteiger partial charge in [-0.25, -0.2) is 0 Å². The van der Waals surface area contributed by atoms with Crippen molar-refractivity contribution in [3.8, 4) is 0 Å². The molecule has 2 heterocycles. The van der Waals surface area contributed by atoms with Crippen molar-refractivity contribution in [3.63, 3.8) is 0 Å². The molecule has 3 fully saturated rings. The van der Waals surface area contributed by atoms with Crippen LogP contribution in [0.2, 0.25) is 0 Å². The van der Waals surface area contributed by atoms with Gasteiger partial charge in [0.25, 0.3) is 0 Å². The van der Waals surface area contributed by atoms with Crippen LogP contribution in [0.3, 0.4) is 0 Å². The third-order valence-corrected chi connectivity index (χ3v) is 6.34. The second-order valence-corrected chi connectivity index (χ2v) is 8.14. The molecule has 2 aliphatic heterocycles. The van der Waals surface area contributed by atoms with E-state index in [1.165, 1.54) is 0 Å². The van der Waals surface area contributed by atoms with Gasteiger partial charge >= 0.3 is 0 Å². The van der Waals surface area contributed by atoms with Gasteiger partial charge in [-0.2, -0.15) is 0 Å². The van der Waals surface area contributed by atoms with E-state index in [2.05, 4.69) is 17.6 Å². The van der Waals surface area contributed by atoms with Crippen LogP contribution in [0.5, 0.6) is 0 Å². The van der Waals surface area contributed by atoms with Crippen LogP contribution in [-0.4, -0.2) is 58.6 Å². The molecule has 1 saturated carbocycles. The molecular formula is C19H34ClN3O3. The Balaban J connectivity index is 0.00000243. The normalized spacial score (nSPS) is 27.8. The van der Waals surface area contributed by atoms with Crippen LogP contribution in [0.1, 0.15) is 71.1 Å². The standard InChI is InChI=1S/C19H33N3O3.ClH/c1-2-3-13-22-16(23)15(14-18(25)7-5-4-6-8-18)21-17(24)19(22)9-11-20-12-10-19;/h15,20,25H,2-14H2,1H3,(H,21,24);1H/t15-;/m1./s1. The molecule has 3 rings (SSSR count). The number of nitrogens with one attached hydrogen (secondary N) is 2. The van der Waals surface area contributed by atoms with Crippen LogP contribution in [-0.2, 0) is 9.59 Å². The minimum absolute atomic E-state index is 0. The molecule has 7 heteroatoms. The first kappa shape index (κ1) is 21.5. The minimum atomic E-state index is -0.805. The second kappa shape index (κ2) is 8.89. The van der Waals surface area contributed by atoms with E-state index in [-0.39, 0.29) is 24.2 Å². The van der Waals surface area contributed by atoms with Crippen LogP contribution < -0.4 is 10.6 Å². The van der Waals surface area contributed by atoms with E-state index in [4.69, 9.17) is 0 Å². The Morgan fingerprint density at radius 1 is 1.12 bits per heavy atom. The third-order valence-electron chi connectivity index (χ3n) is 6.34. The number of halogens is 1. The lowest BCUT2D eigenvalue weighted by Crippen LogP contribution is -2.73. The van der Waals surface area contributed by atoms with Crippen LogP contribution in [0.25, 0.3) is 0 Å². The predicted octanol–water partition coefficient (Wildman–Crippen LogP) is 1.74. The fourth-order valence-electron chi connectivity index (χ4n) is 4.79. The van der Waals surface area contributed by atoms with Crippen molar-refractivity contribution >= 4 is 24.2 Å². The molecule has 1 atom stereocenters. The number of unbranched alkanes of at least 4 members (excludes halogenated alkanes) is 1. The SMILES string of the molecule is CCCCN1C(=O)[C@@H](CC2(O)CCCCC2)NC(=O)C12CCNCC2.Cl. The maximum absolute atomic E-state index is 13.2. The molecule has 3 N–H and O–H groups in total. The Morgan fingerprint density at radius 2 is 1.77 bits per heavy atom. The lowest BCUT2D eigenvalue weighted by Gasteiger charge is -2.51. The molecule has 0 radical (unpaired) electrons. The van der Waals surface area contributed by atoms with Gasteiger partial charge in [-0.1, -0.05) is 32.6 Å². The van der Waals surface area contributed by atoms with E-state index in [0.717, 1.165) is 58.0 Å². The largest absolute Gasteiger partial charge is 0.390 e. The Labute approximate surface area is 162 Å². The minimum Gasteiger partial charge on any atom is -0.390 e. The van der Waals surface area contributed by atoms with Crippen molar-refractivity contribution < 1.29 is 14.7 Å². The zero-order valence-electron chi connectivity index (χ0n) is 15.9. The first-order chi connectivity index (χ1) is 12.0. The topological polar surface area (TPSA) is 81.7 Å². The first-order valence-corrected chi connectivity index (χ1v) is 10.1. The van der Waals surface area contributed by atoms with Gasteiger partial charge in [0.1, 0.15) is 11.6 Å². The van der Waals surface area contributed by atoms with Gasteiger partial charge in [-0.3, -0.25) is 9.59 Å². The lowest BCUT2D eigenvalue weighted by atomic mass is 9.77. The molecular weight excluding hydrogens is 354 g/mol. The fraction of sp³-hybridized carbons (Fsp3) is 0.895. The van der Waals surface area contributed by atoms with Gasteiger partial charge < -0.3 is 20.6 Å². The van der Waals surface area contributed by atoms with Gasteiger partial charge in [0.2, 0.25) is 11.8 Å². The first-order valence-electron chi connectivity index (χ1n) is 10.1.